The van der Waals surface area contributed by atoms with Crippen molar-refractivity contribution < 1.29 is 0 Å². The van der Waals surface area contributed by atoms with Gasteiger partial charge in [-0.2, -0.15) is 0 Å². The van der Waals surface area contributed by atoms with Crippen LogP contribution in [0.2, 0.25) is 0 Å². The summed E-state index contributed by atoms with van der Waals surface area (Å²) in [4.78, 5) is 12.3. The van der Waals surface area contributed by atoms with Crippen molar-refractivity contribution in [2.45, 2.75) is 25.4 Å². The normalized spacial score (nSPS) is 21.1. The molecule has 0 saturated carbocycles. The van der Waals surface area contributed by atoms with Gasteiger partial charge in [0.1, 0.15) is 5.84 Å². The average molecular weight is 497 g/mol. The van der Waals surface area contributed by atoms with Crippen molar-refractivity contribution in [3.8, 4) is 0 Å². The third kappa shape index (κ3) is 4.66. The van der Waals surface area contributed by atoms with Crippen molar-refractivity contribution in [2.75, 3.05) is 7.05 Å². The lowest BCUT2D eigenvalue weighted by atomic mass is 9.82. The number of allylic oxidation sites excluding steroid dienone is 6. The Morgan fingerprint density at radius 2 is 1.58 bits per heavy atom. The van der Waals surface area contributed by atoms with Gasteiger partial charge in [-0.15, -0.1) is 0 Å². The van der Waals surface area contributed by atoms with Gasteiger partial charge in [-0.1, -0.05) is 115 Å². The van der Waals surface area contributed by atoms with Crippen LogP contribution in [0.1, 0.15) is 29.5 Å². The van der Waals surface area contributed by atoms with Gasteiger partial charge in [-0.25, -0.2) is 4.99 Å². The van der Waals surface area contributed by atoms with Gasteiger partial charge in [0.2, 0.25) is 0 Å². The molecule has 0 amide bonds. The van der Waals surface area contributed by atoms with Crippen LogP contribution in [-0.4, -0.2) is 29.7 Å². The summed E-state index contributed by atoms with van der Waals surface area (Å²) in [6.07, 6.45) is 11.0. The third-order valence-corrected chi connectivity index (χ3v) is 7.71. The summed E-state index contributed by atoms with van der Waals surface area (Å²) in [5.74, 6) is 1.61. The molecule has 188 valence electrons. The maximum atomic E-state index is 6.48. The zero-order valence-electron chi connectivity index (χ0n) is 21.7. The van der Waals surface area contributed by atoms with Crippen LogP contribution in [0.3, 0.4) is 0 Å². The SMILES string of the molecule is CN1C2=C(c3ccccc3)C=CCC2C2=CC=C(C(=NCc3ccccc3)N=C(N)c3ccccc3)CC21. The number of fused-ring (bicyclic) bond motifs is 3. The lowest BCUT2D eigenvalue weighted by Gasteiger charge is -2.28. The Balaban J connectivity index is 1.35. The van der Waals surface area contributed by atoms with Gasteiger partial charge < -0.3 is 10.6 Å². The maximum Gasteiger partial charge on any atom is 0.153 e. The monoisotopic (exact) mass is 496 g/mol. The van der Waals surface area contributed by atoms with Crippen LogP contribution < -0.4 is 5.73 Å². The van der Waals surface area contributed by atoms with E-state index in [1.807, 2.05) is 48.5 Å². The van der Waals surface area contributed by atoms with Crippen molar-refractivity contribution in [2.24, 2.45) is 21.6 Å². The molecule has 6 rings (SSSR count). The molecule has 3 aliphatic rings. The molecule has 2 unspecified atom stereocenters. The molecule has 4 heteroatoms. The molecule has 0 bridgehead atoms. The molecule has 0 spiro atoms. The minimum atomic E-state index is 0.281. The number of hydrogen-bond acceptors (Lipinski definition) is 2. The summed E-state index contributed by atoms with van der Waals surface area (Å²) in [6, 6.07) is 31.2. The van der Waals surface area contributed by atoms with Crippen molar-refractivity contribution >= 4 is 17.2 Å². The number of benzene rings is 3. The fourth-order valence-electron chi connectivity index (χ4n) is 5.79. The molecular weight excluding hydrogens is 464 g/mol. The minimum absolute atomic E-state index is 0.281. The van der Waals surface area contributed by atoms with Crippen molar-refractivity contribution in [1.82, 2.24) is 4.90 Å². The second-order valence-electron chi connectivity index (χ2n) is 10.0. The lowest BCUT2D eigenvalue weighted by molar-refractivity contribution is 0.376. The number of nitrogens with two attached hydrogens (primary N) is 1. The first-order chi connectivity index (χ1) is 18.7. The second-order valence-corrected chi connectivity index (χ2v) is 10.0. The highest BCUT2D eigenvalue weighted by Crippen LogP contribution is 2.48. The van der Waals surface area contributed by atoms with E-state index in [1.165, 1.54) is 22.4 Å². The molecule has 1 aliphatic heterocycles. The van der Waals surface area contributed by atoms with Gasteiger partial charge in [0, 0.05) is 36.2 Å². The van der Waals surface area contributed by atoms with E-state index in [4.69, 9.17) is 15.7 Å². The Bertz CT molecular complexity index is 1490. The standard InChI is InChI=1S/C34H32N4/c1-38-31-22-27(20-21-29(31)30-19-11-18-28(32(30)38)25-14-7-3-8-15-25)34(36-23-24-12-5-2-6-13-24)37-33(35)26-16-9-4-10-17-26/h2-18,20-21,30-31H,19,22-23H2,1H3,(H2,35,36,37). The summed E-state index contributed by atoms with van der Waals surface area (Å²) in [6.45, 7) is 0.562. The van der Waals surface area contributed by atoms with Crippen LogP contribution in [-0.2, 0) is 6.54 Å². The van der Waals surface area contributed by atoms with E-state index in [2.05, 4.69) is 78.7 Å². The topological polar surface area (TPSA) is 54.0 Å². The highest BCUT2D eigenvalue weighted by Gasteiger charge is 2.42. The number of likely N-dealkylation sites (N-methyl/N-ethyl adjacent to an activating group) is 1. The summed E-state index contributed by atoms with van der Waals surface area (Å²) in [5.41, 5.74) is 15.1. The predicted molar refractivity (Wildman–Crippen MR) is 158 cm³/mol. The Morgan fingerprint density at radius 3 is 2.32 bits per heavy atom. The molecule has 1 saturated heterocycles. The Morgan fingerprint density at radius 1 is 0.895 bits per heavy atom. The van der Waals surface area contributed by atoms with Crippen LogP contribution >= 0.6 is 0 Å². The second kappa shape index (κ2) is 10.5. The number of amidine groups is 2. The fourth-order valence-corrected chi connectivity index (χ4v) is 5.79. The van der Waals surface area contributed by atoms with Crippen LogP contribution in [0.5, 0.6) is 0 Å². The number of aliphatic imine (C=N–C) groups is 2. The van der Waals surface area contributed by atoms with Crippen molar-refractivity contribution in [3.05, 3.63) is 149 Å². The molecule has 38 heavy (non-hydrogen) atoms. The summed E-state index contributed by atoms with van der Waals surface area (Å²) in [7, 11) is 2.24. The molecule has 2 atom stereocenters. The molecule has 1 heterocycles. The predicted octanol–water partition coefficient (Wildman–Crippen LogP) is 6.55. The Labute approximate surface area is 224 Å². The van der Waals surface area contributed by atoms with E-state index in [-0.39, 0.29) is 6.04 Å². The van der Waals surface area contributed by atoms with Gasteiger partial charge in [0.25, 0.3) is 0 Å². The Hall–Kier alpha value is -4.44. The van der Waals surface area contributed by atoms with E-state index in [1.54, 1.807) is 0 Å². The first-order valence-corrected chi connectivity index (χ1v) is 13.3. The van der Waals surface area contributed by atoms with Gasteiger partial charge >= 0.3 is 0 Å². The molecule has 1 fully saturated rings. The molecule has 3 aromatic carbocycles. The highest BCUT2D eigenvalue weighted by atomic mass is 15.2. The van der Waals surface area contributed by atoms with Crippen LogP contribution in [0, 0.1) is 5.92 Å². The zero-order chi connectivity index (χ0) is 25.9. The van der Waals surface area contributed by atoms with Gasteiger partial charge in [-0.3, -0.25) is 4.99 Å². The summed E-state index contributed by atoms with van der Waals surface area (Å²) >= 11 is 0. The number of nitrogens with zero attached hydrogens (tertiary/aromatic N) is 3. The highest BCUT2D eigenvalue weighted by molar-refractivity contribution is 6.11. The fraction of sp³-hybridized carbons (Fsp3) is 0.176. The van der Waals surface area contributed by atoms with Crippen molar-refractivity contribution in [3.63, 3.8) is 0 Å². The van der Waals surface area contributed by atoms with E-state index in [9.17, 15) is 0 Å². The number of likely N-dealkylation sites (tertiary alicyclic amines) is 1. The summed E-state index contributed by atoms with van der Waals surface area (Å²) in [5, 5.41) is 0. The quantitative estimate of drug-likeness (QED) is 0.322. The van der Waals surface area contributed by atoms with Crippen LogP contribution in [0.15, 0.2) is 142 Å². The smallest absolute Gasteiger partial charge is 0.153 e. The number of rotatable bonds is 5. The van der Waals surface area contributed by atoms with E-state index >= 15 is 0 Å². The first-order valence-electron chi connectivity index (χ1n) is 13.3. The molecule has 0 radical (unpaired) electrons. The molecular formula is C34H32N4. The molecule has 4 nitrogen and oxygen atoms in total. The van der Waals surface area contributed by atoms with Gasteiger partial charge in [0.15, 0.2) is 5.84 Å². The van der Waals surface area contributed by atoms with E-state index < -0.39 is 0 Å². The maximum absolute atomic E-state index is 6.48. The van der Waals surface area contributed by atoms with Crippen LogP contribution in [0.4, 0.5) is 0 Å². The molecule has 3 aromatic rings. The molecule has 2 aliphatic carbocycles. The first kappa shape index (κ1) is 23.9. The largest absolute Gasteiger partial charge is 0.383 e. The van der Waals surface area contributed by atoms with Crippen LogP contribution in [0.25, 0.3) is 5.57 Å². The zero-order valence-corrected chi connectivity index (χ0v) is 21.7. The van der Waals surface area contributed by atoms with Gasteiger partial charge in [0.05, 0.1) is 12.6 Å². The lowest BCUT2D eigenvalue weighted by Crippen LogP contribution is -2.29. The molecule has 0 aromatic heterocycles. The van der Waals surface area contributed by atoms with Gasteiger partial charge in [-0.05, 0) is 28.7 Å². The third-order valence-electron chi connectivity index (χ3n) is 7.71. The average Bonchev–Trinajstić information content (AvgIpc) is 3.28. The number of hydrogen-bond donors (Lipinski definition) is 1. The van der Waals surface area contributed by atoms with Crippen molar-refractivity contribution in [1.29, 1.82) is 0 Å². The minimum Gasteiger partial charge on any atom is -0.383 e. The van der Waals surface area contributed by atoms with E-state index in [0.29, 0.717) is 24.1 Å². The Kier molecular flexibility index (Phi) is 6.62. The molecule has 2 N–H and O–H groups in total. The van der Waals surface area contributed by atoms with E-state index in [0.717, 1.165) is 29.5 Å². The summed E-state index contributed by atoms with van der Waals surface area (Å²) < 4.78 is 0.